The van der Waals surface area contributed by atoms with Gasteiger partial charge in [0, 0.05) is 37.4 Å². The average molecular weight is 252 g/mol. The first-order chi connectivity index (χ1) is 8.60. The molecule has 0 atom stereocenters. The lowest BCUT2D eigenvalue weighted by Crippen LogP contribution is -2.32. The fourth-order valence-electron chi connectivity index (χ4n) is 1.57. The van der Waals surface area contributed by atoms with Gasteiger partial charge in [0.1, 0.15) is 0 Å². The van der Waals surface area contributed by atoms with Crippen LogP contribution in [0.4, 0.5) is 5.69 Å². The third kappa shape index (κ3) is 3.53. The Hall–Kier alpha value is -1.95. The average Bonchev–Trinajstić information content (AvgIpc) is 2.39. The fraction of sp³-hybridized carbons (Fsp3) is 0.417. The van der Waals surface area contributed by atoms with Gasteiger partial charge in [-0.05, 0) is 25.5 Å². The van der Waals surface area contributed by atoms with Gasteiger partial charge in [0.2, 0.25) is 0 Å². The smallest absolute Gasteiger partial charge is 0.269 e. The van der Waals surface area contributed by atoms with Gasteiger partial charge in [0.15, 0.2) is 0 Å². The van der Waals surface area contributed by atoms with Crippen molar-refractivity contribution in [3.8, 4) is 0 Å². The molecule has 0 saturated heterocycles. The zero-order valence-corrected chi connectivity index (χ0v) is 10.2. The van der Waals surface area contributed by atoms with E-state index in [1.165, 1.54) is 24.3 Å². The predicted molar refractivity (Wildman–Crippen MR) is 66.4 cm³/mol. The number of hydrogen-bond donors (Lipinski definition) is 1. The summed E-state index contributed by atoms with van der Waals surface area (Å²) in [6, 6.07) is 5.52. The minimum Gasteiger partial charge on any atom is -0.396 e. The standard InChI is InChI=1S/C12H16N2O4/c1-2-13(8-3-9-15)12(16)10-4-6-11(7-5-10)14(17)18/h4-7,15H,2-3,8-9H2,1H3. The second-order valence-corrected chi connectivity index (χ2v) is 3.77. The number of amides is 1. The molecule has 1 aromatic rings. The first-order valence-corrected chi connectivity index (χ1v) is 5.74. The highest BCUT2D eigenvalue weighted by Crippen LogP contribution is 2.13. The highest BCUT2D eigenvalue weighted by molar-refractivity contribution is 5.94. The van der Waals surface area contributed by atoms with Crippen molar-refractivity contribution in [3.63, 3.8) is 0 Å². The van der Waals surface area contributed by atoms with Crippen LogP contribution in [0, 0.1) is 10.1 Å². The van der Waals surface area contributed by atoms with E-state index in [1.807, 2.05) is 6.92 Å². The fourth-order valence-corrected chi connectivity index (χ4v) is 1.57. The van der Waals surface area contributed by atoms with Crippen molar-refractivity contribution in [2.24, 2.45) is 0 Å². The molecule has 1 N–H and O–H groups in total. The van der Waals surface area contributed by atoms with Gasteiger partial charge < -0.3 is 10.0 Å². The van der Waals surface area contributed by atoms with Crippen LogP contribution in [-0.2, 0) is 0 Å². The van der Waals surface area contributed by atoms with Crippen molar-refractivity contribution in [1.29, 1.82) is 0 Å². The Balaban J connectivity index is 2.78. The molecular formula is C12H16N2O4. The molecule has 0 radical (unpaired) electrons. The summed E-state index contributed by atoms with van der Waals surface area (Å²) in [6.45, 7) is 2.89. The van der Waals surface area contributed by atoms with Crippen LogP contribution < -0.4 is 0 Å². The van der Waals surface area contributed by atoms with Crippen molar-refractivity contribution < 1.29 is 14.8 Å². The van der Waals surface area contributed by atoms with Gasteiger partial charge in [-0.25, -0.2) is 0 Å². The second kappa shape index (κ2) is 6.70. The number of nitro benzene ring substituents is 1. The molecule has 0 aliphatic carbocycles. The number of nitro groups is 1. The number of non-ortho nitro benzene ring substituents is 1. The number of aliphatic hydroxyl groups excluding tert-OH is 1. The molecule has 0 aromatic heterocycles. The van der Waals surface area contributed by atoms with Crippen molar-refractivity contribution in [3.05, 3.63) is 39.9 Å². The summed E-state index contributed by atoms with van der Waals surface area (Å²) < 4.78 is 0. The van der Waals surface area contributed by atoms with Gasteiger partial charge in [-0.2, -0.15) is 0 Å². The zero-order valence-electron chi connectivity index (χ0n) is 10.2. The van der Waals surface area contributed by atoms with Crippen molar-refractivity contribution in [2.45, 2.75) is 13.3 Å². The van der Waals surface area contributed by atoms with Crippen LogP contribution in [0.2, 0.25) is 0 Å². The molecule has 1 aromatic carbocycles. The van der Waals surface area contributed by atoms with Crippen molar-refractivity contribution in [1.82, 2.24) is 4.90 Å². The Morgan fingerprint density at radius 2 is 2.00 bits per heavy atom. The molecule has 98 valence electrons. The lowest BCUT2D eigenvalue weighted by molar-refractivity contribution is -0.384. The topological polar surface area (TPSA) is 83.7 Å². The van der Waals surface area contributed by atoms with Crippen LogP contribution >= 0.6 is 0 Å². The molecule has 0 saturated carbocycles. The Kier molecular flexibility index (Phi) is 5.26. The quantitative estimate of drug-likeness (QED) is 0.613. The molecule has 0 fully saturated rings. The summed E-state index contributed by atoms with van der Waals surface area (Å²) in [7, 11) is 0. The molecule has 0 unspecified atom stereocenters. The van der Waals surface area contributed by atoms with Gasteiger partial charge in [0.05, 0.1) is 4.92 Å². The van der Waals surface area contributed by atoms with Crippen LogP contribution in [0.1, 0.15) is 23.7 Å². The summed E-state index contributed by atoms with van der Waals surface area (Å²) in [5, 5.41) is 19.2. The number of aliphatic hydroxyl groups is 1. The van der Waals surface area contributed by atoms with E-state index in [-0.39, 0.29) is 18.2 Å². The third-order valence-electron chi connectivity index (χ3n) is 2.58. The van der Waals surface area contributed by atoms with Crippen molar-refractivity contribution >= 4 is 11.6 Å². The number of carbonyl (C=O) groups is 1. The zero-order chi connectivity index (χ0) is 13.5. The Morgan fingerprint density at radius 3 is 2.44 bits per heavy atom. The van der Waals surface area contributed by atoms with Crippen LogP contribution in [0.3, 0.4) is 0 Å². The molecule has 0 heterocycles. The minimum absolute atomic E-state index is 0.0318. The van der Waals surface area contributed by atoms with E-state index in [1.54, 1.807) is 4.90 Å². The maximum absolute atomic E-state index is 12.0. The second-order valence-electron chi connectivity index (χ2n) is 3.77. The lowest BCUT2D eigenvalue weighted by Gasteiger charge is -2.20. The van der Waals surface area contributed by atoms with E-state index in [4.69, 9.17) is 5.11 Å². The van der Waals surface area contributed by atoms with Gasteiger partial charge in [-0.3, -0.25) is 14.9 Å². The number of nitrogens with zero attached hydrogens (tertiary/aromatic N) is 2. The van der Waals surface area contributed by atoms with Gasteiger partial charge in [-0.15, -0.1) is 0 Å². The van der Waals surface area contributed by atoms with E-state index in [2.05, 4.69) is 0 Å². The van der Waals surface area contributed by atoms with E-state index in [9.17, 15) is 14.9 Å². The minimum atomic E-state index is -0.502. The molecular weight excluding hydrogens is 236 g/mol. The molecule has 0 aliphatic rings. The number of benzene rings is 1. The largest absolute Gasteiger partial charge is 0.396 e. The molecule has 18 heavy (non-hydrogen) atoms. The van der Waals surface area contributed by atoms with E-state index < -0.39 is 4.92 Å². The number of carbonyl (C=O) groups excluding carboxylic acids is 1. The lowest BCUT2D eigenvalue weighted by atomic mass is 10.2. The molecule has 1 amide bonds. The van der Waals surface area contributed by atoms with Crippen molar-refractivity contribution in [2.75, 3.05) is 19.7 Å². The number of rotatable bonds is 6. The molecule has 1 rings (SSSR count). The first kappa shape index (κ1) is 14.1. The van der Waals surface area contributed by atoms with Gasteiger partial charge >= 0.3 is 0 Å². The first-order valence-electron chi connectivity index (χ1n) is 5.74. The van der Waals surface area contributed by atoms with E-state index in [0.717, 1.165) is 0 Å². The third-order valence-corrected chi connectivity index (χ3v) is 2.58. The Labute approximate surface area is 105 Å². The monoisotopic (exact) mass is 252 g/mol. The van der Waals surface area contributed by atoms with E-state index in [0.29, 0.717) is 25.1 Å². The summed E-state index contributed by atoms with van der Waals surface area (Å²) in [4.78, 5) is 23.6. The van der Waals surface area contributed by atoms with E-state index >= 15 is 0 Å². The number of hydrogen-bond acceptors (Lipinski definition) is 4. The van der Waals surface area contributed by atoms with Gasteiger partial charge in [-0.1, -0.05) is 0 Å². The predicted octanol–water partition coefficient (Wildman–Crippen LogP) is 1.44. The molecule has 6 nitrogen and oxygen atoms in total. The molecule has 0 bridgehead atoms. The van der Waals surface area contributed by atoms with Crippen LogP contribution in [-0.4, -0.2) is 40.5 Å². The highest BCUT2D eigenvalue weighted by Gasteiger charge is 2.14. The summed E-state index contributed by atoms with van der Waals surface area (Å²) in [5.41, 5.74) is 0.380. The molecule has 6 heteroatoms. The summed E-state index contributed by atoms with van der Waals surface area (Å²) in [6.07, 6.45) is 0.520. The summed E-state index contributed by atoms with van der Waals surface area (Å²) >= 11 is 0. The molecule has 0 aliphatic heterocycles. The van der Waals surface area contributed by atoms with Crippen LogP contribution in [0.25, 0.3) is 0 Å². The SMILES string of the molecule is CCN(CCCO)C(=O)c1ccc([N+](=O)[O-])cc1. The maximum Gasteiger partial charge on any atom is 0.269 e. The highest BCUT2D eigenvalue weighted by atomic mass is 16.6. The summed E-state index contributed by atoms with van der Waals surface area (Å²) in [5.74, 6) is -0.180. The Morgan fingerprint density at radius 1 is 1.39 bits per heavy atom. The van der Waals surface area contributed by atoms with Gasteiger partial charge in [0.25, 0.3) is 11.6 Å². The van der Waals surface area contributed by atoms with Crippen LogP contribution in [0.5, 0.6) is 0 Å². The Bertz CT molecular complexity index is 417. The maximum atomic E-state index is 12.0. The molecule has 0 spiro atoms. The normalized spacial score (nSPS) is 10.1. The van der Waals surface area contributed by atoms with Crippen LogP contribution in [0.15, 0.2) is 24.3 Å².